The zero-order chi connectivity index (χ0) is 33.5. The Kier molecular flexibility index (Phi) is 9.33. The highest BCUT2D eigenvalue weighted by Gasteiger charge is 2.74. The molecular formula is C25H19F9O8S2. The third kappa shape index (κ3) is 6.45. The lowest BCUT2D eigenvalue weighted by atomic mass is 10.1. The van der Waals surface area contributed by atoms with Gasteiger partial charge in [-0.2, -0.15) is 43.5 Å². The number of halogens is 9. The molecule has 3 aromatic rings. The van der Waals surface area contributed by atoms with Crippen molar-refractivity contribution in [2.24, 2.45) is 0 Å². The van der Waals surface area contributed by atoms with Crippen molar-refractivity contribution in [3.05, 3.63) is 77.4 Å². The van der Waals surface area contributed by atoms with Gasteiger partial charge in [0.15, 0.2) is 0 Å². The predicted octanol–water partition coefficient (Wildman–Crippen LogP) is 6.87. The molecule has 0 aliphatic carbocycles. The molecule has 0 amide bonds. The predicted molar refractivity (Wildman–Crippen MR) is 132 cm³/mol. The number of sulfone groups is 1. The summed E-state index contributed by atoms with van der Waals surface area (Å²) in [5, 5.41) is -6.86. The summed E-state index contributed by atoms with van der Waals surface area (Å²) in [5.41, 5.74) is -2.22. The topological polar surface area (TPSA) is 116 Å². The molecule has 0 heterocycles. The van der Waals surface area contributed by atoms with E-state index < -0.39 is 76.7 Å². The van der Waals surface area contributed by atoms with E-state index in [-0.39, 0.29) is 23.6 Å². The summed E-state index contributed by atoms with van der Waals surface area (Å²) in [6, 6.07) is 9.66. The summed E-state index contributed by atoms with van der Waals surface area (Å²) in [6.45, 7) is 0.196. The lowest BCUT2D eigenvalue weighted by Gasteiger charge is -2.32. The van der Waals surface area contributed by atoms with Crippen LogP contribution in [0.25, 0.3) is 0 Å². The quantitative estimate of drug-likeness (QED) is 0.163. The number of methoxy groups -OCH3 is 1. The zero-order valence-corrected chi connectivity index (χ0v) is 23.6. The molecule has 0 bridgehead atoms. The lowest BCUT2D eigenvalue weighted by molar-refractivity contribution is -0.460. The molecule has 19 heteroatoms. The molecular weight excluding hydrogens is 663 g/mol. The molecule has 0 saturated carbocycles. The minimum absolute atomic E-state index is 0.0762. The maximum absolute atomic E-state index is 15.2. The van der Waals surface area contributed by atoms with Crippen molar-refractivity contribution >= 4 is 20.0 Å². The van der Waals surface area contributed by atoms with Gasteiger partial charge in [0.05, 0.1) is 22.5 Å². The van der Waals surface area contributed by atoms with Crippen molar-refractivity contribution in [2.45, 2.75) is 46.8 Å². The number of alkyl halides is 9. The van der Waals surface area contributed by atoms with E-state index in [2.05, 4.69) is 9.47 Å². The molecule has 242 valence electrons. The molecule has 0 fully saturated rings. The average molecular weight is 683 g/mol. The third-order valence-corrected chi connectivity index (χ3v) is 8.62. The Labute approximate surface area is 243 Å². The standard InChI is InChI=1S/C25H19F9O8S2/c1-14-3-5-16(6-4-14)41-18-8-9-20(15(11-18)13-26)43(35,36)21-10-7-17(40-2)12-19(21)22(27,28)23(29,30)42-24(31,32)25(33,34)44(37,38)39/h3-12H,13H2,1-2H3,(H,37,38,39). The molecule has 44 heavy (non-hydrogen) atoms. The van der Waals surface area contributed by atoms with Crippen LogP contribution in [-0.2, 0) is 37.3 Å². The number of rotatable bonds is 12. The van der Waals surface area contributed by atoms with Gasteiger partial charge in [0.1, 0.15) is 23.9 Å². The van der Waals surface area contributed by atoms with Gasteiger partial charge in [-0.25, -0.2) is 17.5 Å². The van der Waals surface area contributed by atoms with Gasteiger partial charge < -0.3 is 9.47 Å². The van der Waals surface area contributed by atoms with Crippen molar-refractivity contribution in [3.8, 4) is 17.2 Å². The minimum Gasteiger partial charge on any atom is -0.497 e. The van der Waals surface area contributed by atoms with Gasteiger partial charge in [-0.3, -0.25) is 4.55 Å². The van der Waals surface area contributed by atoms with E-state index in [4.69, 9.17) is 9.29 Å². The van der Waals surface area contributed by atoms with Crippen LogP contribution in [0.5, 0.6) is 17.2 Å². The number of hydrogen-bond donors (Lipinski definition) is 1. The van der Waals surface area contributed by atoms with Crippen LogP contribution in [0.15, 0.2) is 70.5 Å². The molecule has 1 N–H and O–H groups in total. The second-order valence-electron chi connectivity index (χ2n) is 8.89. The van der Waals surface area contributed by atoms with Crippen molar-refractivity contribution in [2.75, 3.05) is 7.11 Å². The summed E-state index contributed by atoms with van der Waals surface area (Å²) < 4.78 is 197. The second kappa shape index (κ2) is 11.8. The average Bonchev–Trinajstić information content (AvgIpc) is 2.92. The first-order valence-electron chi connectivity index (χ1n) is 11.6. The van der Waals surface area contributed by atoms with E-state index in [1.54, 1.807) is 19.1 Å². The summed E-state index contributed by atoms with van der Waals surface area (Å²) in [7, 11) is -11.9. The molecule has 0 aliphatic heterocycles. The van der Waals surface area contributed by atoms with Crippen LogP contribution in [0.4, 0.5) is 39.5 Å². The van der Waals surface area contributed by atoms with Crippen molar-refractivity contribution < 1.29 is 75.1 Å². The maximum Gasteiger partial charge on any atom is 0.460 e. The molecule has 0 unspecified atom stereocenters. The zero-order valence-electron chi connectivity index (χ0n) is 22.0. The highest BCUT2D eigenvalue weighted by atomic mass is 32.2. The molecule has 0 atom stereocenters. The van der Waals surface area contributed by atoms with Crippen LogP contribution in [0.3, 0.4) is 0 Å². The van der Waals surface area contributed by atoms with Crippen LogP contribution in [0, 0.1) is 6.92 Å². The van der Waals surface area contributed by atoms with Crippen LogP contribution >= 0.6 is 0 Å². The van der Waals surface area contributed by atoms with Crippen molar-refractivity contribution in [1.29, 1.82) is 0 Å². The van der Waals surface area contributed by atoms with E-state index in [1.165, 1.54) is 12.1 Å². The fourth-order valence-electron chi connectivity index (χ4n) is 3.55. The number of hydrogen-bond acceptors (Lipinski definition) is 7. The molecule has 0 saturated heterocycles. The first kappa shape index (κ1) is 34.9. The Morgan fingerprint density at radius 1 is 0.727 bits per heavy atom. The van der Waals surface area contributed by atoms with Crippen LogP contribution in [0.1, 0.15) is 16.7 Å². The molecule has 3 aromatic carbocycles. The fraction of sp³-hybridized carbons (Fsp3) is 0.280. The van der Waals surface area contributed by atoms with Crippen LogP contribution in [0.2, 0.25) is 0 Å². The Morgan fingerprint density at radius 3 is 1.77 bits per heavy atom. The Morgan fingerprint density at radius 2 is 1.25 bits per heavy atom. The maximum atomic E-state index is 15.2. The summed E-state index contributed by atoms with van der Waals surface area (Å²) in [5.74, 6) is -6.93. The normalized spacial score (nSPS) is 13.5. The van der Waals surface area contributed by atoms with Gasteiger partial charge in [-0.1, -0.05) is 17.7 Å². The molecule has 0 aliphatic rings. The molecule has 0 spiro atoms. The first-order valence-corrected chi connectivity index (χ1v) is 14.5. The fourth-order valence-corrected chi connectivity index (χ4v) is 5.56. The van der Waals surface area contributed by atoms with Gasteiger partial charge in [0.2, 0.25) is 9.84 Å². The number of aryl methyl sites for hydroxylation is 1. The van der Waals surface area contributed by atoms with Gasteiger partial charge in [-0.05, 0) is 55.5 Å². The minimum atomic E-state index is -7.20. The largest absolute Gasteiger partial charge is 0.497 e. The van der Waals surface area contributed by atoms with Gasteiger partial charge in [-0.15, -0.1) is 0 Å². The molecule has 0 radical (unpaired) electrons. The van der Waals surface area contributed by atoms with E-state index >= 15 is 8.78 Å². The van der Waals surface area contributed by atoms with E-state index in [9.17, 15) is 47.6 Å². The first-order chi connectivity index (χ1) is 20.0. The van der Waals surface area contributed by atoms with Gasteiger partial charge in [0, 0.05) is 5.56 Å². The van der Waals surface area contributed by atoms with Gasteiger partial charge >= 0.3 is 33.5 Å². The summed E-state index contributed by atoms with van der Waals surface area (Å²) >= 11 is 0. The van der Waals surface area contributed by atoms with Gasteiger partial charge in [0.25, 0.3) is 0 Å². The van der Waals surface area contributed by atoms with E-state index in [0.29, 0.717) is 12.1 Å². The number of ether oxygens (including phenoxy) is 3. The molecule has 3 rings (SSSR count). The Bertz CT molecular complexity index is 1750. The highest BCUT2D eigenvalue weighted by molar-refractivity contribution is 7.91. The molecule has 8 nitrogen and oxygen atoms in total. The Balaban J connectivity index is 2.15. The van der Waals surface area contributed by atoms with Crippen LogP contribution in [-0.4, -0.2) is 46.0 Å². The smallest absolute Gasteiger partial charge is 0.460 e. The van der Waals surface area contributed by atoms with Crippen LogP contribution < -0.4 is 9.47 Å². The highest BCUT2D eigenvalue weighted by Crippen LogP contribution is 2.52. The monoisotopic (exact) mass is 682 g/mol. The number of benzene rings is 3. The Hall–Kier alpha value is -3.55. The second-order valence-corrected chi connectivity index (χ2v) is 12.2. The van der Waals surface area contributed by atoms with E-state index in [1.807, 2.05) is 0 Å². The third-order valence-electron chi connectivity index (χ3n) is 5.82. The SMILES string of the molecule is COc1ccc(S(=O)(=O)c2ccc(Oc3ccc(C)cc3)cc2CF)c(C(F)(F)C(F)(F)OC(F)(F)C(F)(F)S(=O)(=O)O)c1. The van der Waals surface area contributed by atoms with Crippen molar-refractivity contribution in [3.63, 3.8) is 0 Å². The summed E-state index contributed by atoms with van der Waals surface area (Å²) in [6.07, 6.45) is -13.8. The molecule has 0 aromatic heterocycles. The summed E-state index contributed by atoms with van der Waals surface area (Å²) in [4.78, 5) is -2.82. The van der Waals surface area contributed by atoms with Crippen molar-refractivity contribution in [1.82, 2.24) is 0 Å². The lowest BCUT2D eigenvalue weighted by Crippen LogP contribution is -2.55. The van der Waals surface area contributed by atoms with E-state index in [0.717, 1.165) is 24.8 Å².